The summed E-state index contributed by atoms with van der Waals surface area (Å²) in [6.07, 6.45) is 0. The van der Waals surface area contributed by atoms with Gasteiger partial charge >= 0.3 is 7.12 Å². The number of nitrogens with zero attached hydrogens (tertiary/aromatic N) is 2. The summed E-state index contributed by atoms with van der Waals surface area (Å²) >= 11 is 0. The molecule has 0 radical (unpaired) electrons. The van der Waals surface area contributed by atoms with E-state index < -0.39 is 18.3 Å². The Morgan fingerprint density at radius 3 is 1.06 bits per heavy atom. The summed E-state index contributed by atoms with van der Waals surface area (Å²) in [5.74, 6) is 0. The van der Waals surface area contributed by atoms with Crippen LogP contribution in [-0.2, 0) is 9.31 Å². The van der Waals surface area contributed by atoms with Crippen LogP contribution in [0.4, 0.5) is 34.1 Å². The fraction of sp³-hybridized carbons (Fsp3) is 0.143. The van der Waals surface area contributed by atoms with Crippen LogP contribution in [0, 0.1) is 0 Å². The molecule has 1 saturated heterocycles. The monoisotopic (exact) mass is 614 g/mol. The summed E-state index contributed by atoms with van der Waals surface area (Å²) in [7, 11) is -0.408. The van der Waals surface area contributed by atoms with Gasteiger partial charge in [0.1, 0.15) is 0 Å². The maximum atomic E-state index is 6.34. The first-order chi connectivity index (χ1) is 22.8. The normalized spacial score (nSPS) is 14.9. The Balaban J connectivity index is 1.26. The Kier molecular flexibility index (Phi) is 8.19. The molecule has 6 aromatic rings. The van der Waals surface area contributed by atoms with Gasteiger partial charge in [-0.25, -0.2) is 0 Å². The maximum absolute atomic E-state index is 6.34. The molecule has 7 rings (SSSR count). The van der Waals surface area contributed by atoms with Gasteiger partial charge in [0.25, 0.3) is 0 Å². The van der Waals surface area contributed by atoms with Crippen LogP contribution >= 0.6 is 0 Å². The summed E-state index contributed by atoms with van der Waals surface area (Å²) in [6.45, 7) is 8.34. The predicted octanol–water partition coefficient (Wildman–Crippen LogP) is 10.6. The number of para-hydroxylation sites is 2. The van der Waals surface area contributed by atoms with E-state index in [2.05, 4.69) is 195 Å². The van der Waals surface area contributed by atoms with Crippen molar-refractivity contribution in [3.05, 3.63) is 164 Å². The second-order valence-electron chi connectivity index (χ2n) is 13.0. The average molecular weight is 615 g/mol. The minimum Gasteiger partial charge on any atom is -0.399 e. The molecule has 232 valence electrons. The highest BCUT2D eigenvalue weighted by molar-refractivity contribution is 6.62. The van der Waals surface area contributed by atoms with Gasteiger partial charge in [-0.15, -0.1) is 0 Å². The van der Waals surface area contributed by atoms with Crippen LogP contribution in [0.2, 0.25) is 0 Å². The van der Waals surface area contributed by atoms with E-state index in [4.69, 9.17) is 9.31 Å². The number of rotatable bonds is 8. The molecule has 4 nitrogen and oxygen atoms in total. The van der Waals surface area contributed by atoms with E-state index >= 15 is 0 Å². The third-order valence-electron chi connectivity index (χ3n) is 9.30. The minimum atomic E-state index is -0.408. The third kappa shape index (κ3) is 6.20. The summed E-state index contributed by atoms with van der Waals surface area (Å²) in [5, 5.41) is 0. The molecule has 0 atom stereocenters. The highest BCUT2D eigenvalue weighted by Gasteiger charge is 2.51. The van der Waals surface area contributed by atoms with Gasteiger partial charge in [-0.05, 0) is 117 Å². The molecular weight excluding hydrogens is 575 g/mol. The van der Waals surface area contributed by atoms with Crippen molar-refractivity contribution in [2.45, 2.75) is 38.9 Å². The zero-order valence-corrected chi connectivity index (χ0v) is 27.4. The summed E-state index contributed by atoms with van der Waals surface area (Å²) in [4.78, 5) is 4.57. The average Bonchev–Trinajstić information content (AvgIpc) is 3.33. The van der Waals surface area contributed by atoms with Crippen molar-refractivity contribution in [2.75, 3.05) is 9.80 Å². The number of hydrogen-bond acceptors (Lipinski definition) is 4. The van der Waals surface area contributed by atoms with E-state index in [1.54, 1.807) is 0 Å². The highest BCUT2D eigenvalue weighted by Crippen LogP contribution is 2.40. The van der Waals surface area contributed by atoms with Crippen LogP contribution < -0.4 is 15.3 Å². The van der Waals surface area contributed by atoms with E-state index in [1.807, 2.05) is 6.07 Å². The van der Waals surface area contributed by atoms with Gasteiger partial charge in [-0.1, -0.05) is 91.0 Å². The van der Waals surface area contributed by atoms with Gasteiger partial charge in [0.05, 0.1) is 11.2 Å². The van der Waals surface area contributed by atoms with Crippen LogP contribution in [0.1, 0.15) is 27.7 Å². The fourth-order valence-corrected chi connectivity index (χ4v) is 5.99. The van der Waals surface area contributed by atoms with E-state index in [9.17, 15) is 0 Å². The molecule has 1 aliphatic rings. The summed E-state index contributed by atoms with van der Waals surface area (Å²) < 4.78 is 12.7. The van der Waals surface area contributed by atoms with Crippen molar-refractivity contribution in [1.29, 1.82) is 0 Å². The molecule has 0 aliphatic carbocycles. The molecule has 47 heavy (non-hydrogen) atoms. The topological polar surface area (TPSA) is 24.9 Å². The first-order valence-corrected chi connectivity index (χ1v) is 16.2. The molecule has 1 heterocycles. The van der Waals surface area contributed by atoms with Gasteiger partial charge in [0.2, 0.25) is 0 Å². The third-order valence-corrected chi connectivity index (χ3v) is 9.30. The molecule has 0 aromatic heterocycles. The van der Waals surface area contributed by atoms with Crippen molar-refractivity contribution in [1.82, 2.24) is 0 Å². The van der Waals surface area contributed by atoms with E-state index in [-0.39, 0.29) is 0 Å². The Hall–Kier alpha value is -5.10. The lowest BCUT2D eigenvalue weighted by molar-refractivity contribution is 0.00578. The van der Waals surface area contributed by atoms with Crippen molar-refractivity contribution < 1.29 is 9.31 Å². The molecular formula is C42H39BN2O2. The molecule has 0 unspecified atom stereocenters. The predicted molar refractivity (Wildman–Crippen MR) is 197 cm³/mol. The Bertz CT molecular complexity index is 1850. The number of anilines is 6. The lowest BCUT2D eigenvalue weighted by Crippen LogP contribution is -2.41. The van der Waals surface area contributed by atoms with Crippen LogP contribution in [0.3, 0.4) is 0 Å². The molecule has 1 fully saturated rings. The lowest BCUT2D eigenvalue weighted by Gasteiger charge is -2.32. The summed E-state index contributed by atoms with van der Waals surface area (Å²) in [5.41, 5.74) is 9.09. The van der Waals surface area contributed by atoms with Gasteiger partial charge < -0.3 is 19.1 Å². The summed E-state index contributed by atoms with van der Waals surface area (Å²) in [6, 6.07) is 57.6. The van der Waals surface area contributed by atoms with Gasteiger partial charge in [-0.2, -0.15) is 0 Å². The quantitative estimate of drug-likeness (QED) is 0.159. The fourth-order valence-electron chi connectivity index (χ4n) is 5.99. The second kappa shape index (κ2) is 12.6. The number of benzene rings is 6. The van der Waals surface area contributed by atoms with Crippen molar-refractivity contribution in [2.24, 2.45) is 0 Å². The van der Waals surface area contributed by atoms with Gasteiger partial charge in [-0.3, -0.25) is 0 Å². The smallest absolute Gasteiger partial charge is 0.399 e. The Morgan fingerprint density at radius 1 is 0.362 bits per heavy atom. The molecule has 0 spiro atoms. The van der Waals surface area contributed by atoms with Crippen molar-refractivity contribution in [3.63, 3.8) is 0 Å². The Morgan fingerprint density at radius 2 is 0.660 bits per heavy atom. The molecule has 1 aliphatic heterocycles. The van der Waals surface area contributed by atoms with Crippen LogP contribution in [0.15, 0.2) is 164 Å². The molecule has 0 amide bonds. The van der Waals surface area contributed by atoms with E-state index in [1.165, 1.54) is 11.1 Å². The largest absolute Gasteiger partial charge is 0.494 e. The lowest BCUT2D eigenvalue weighted by atomic mass is 9.79. The molecule has 6 aromatic carbocycles. The van der Waals surface area contributed by atoms with Crippen molar-refractivity contribution in [3.8, 4) is 11.1 Å². The zero-order valence-electron chi connectivity index (χ0n) is 27.4. The number of hydrogen-bond donors (Lipinski definition) is 0. The standard InChI is InChI=1S/C42H39BN2O2/c1-41(2)42(3,4)47-43(46-41)34-22-26-38(27-23-34)45(37-24-20-33(21-25-37)32-14-8-5-9-15-32)40-30-28-39(29-31-40)44(35-16-10-6-11-17-35)36-18-12-7-13-19-36/h5-31H,1-4H3. The van der Waals surface area contributed by atoms with E-state index in [0.717, 1.165) is 39.6 Å². The zero-order chi connectivity index (χ0) is 32.4. The molecule has 0 bridgehead atoms. The van der Waals surface area contributed by atoms with Crippen molar-refractivity contribution >= 4 is 46.7 Å². The van der Waals surface area contributed by atoms with Gasteiger partial charge in [0, 0.05) is 34.1 Å². The highest BCUT2D eigenvalue weighted by atomic mass is 16.7. The second-order valence-corrected chi connectivity index (χ2v) is 13.0. The van der Waals surface area contributed by atoms with Crippen LogP contribution in [0.5, 0.6) is 0 Å². The van der Waals surface area contributed by atoms with E-state index in [0.29, 0.717) is 0 Å². The molecule has 0 N–H and O–H groups in total. The SMILES string of the molecule is CC1(C)OB(c2ccc(N(c3ccc(-c4ccccc4)cc3)c3ccc(N(c4ccccc4)c4ccccc4)cc3)cc2)OC1(C)C. The minimum absolute atomic E-state index is 0.391. The Labute approximate surface area is 279 Å². The first kappa shape index (κ1) is 30.6. The first-order valence-electron chi connectivity index (χ1n) is 16.2. The molecule has 0 saturated carbocycles. The molecule has 5 heteroatoms. The van der Waals surface area contributed by atoms with Crippen LogP contribution in [-0.4, -0.2) is 18.3 Å². The van der Waals surface area contributed by atoms with Gasteiger partial charge in [0.15, 0.2) is 0 Å². The van der Waals surface area contributed by atoms with Crippen LogP contribution in [0.25, 0.3) is 11.1 Å². The maximum Gasteiger partial charge on any atom is 0.494 e.